The van der Waals surface area contributed by atoms with E-state index in [1.807, 2.05) is 24.4 Å². The number of hydrogen-bond donors (Lipinski definition) is 0. The van der Waals surface area contributed by atoms with E-state index in [4.69, 9.17) is 13.9 Å². The van der Waals surface area contributed by atoms with E-state index in [9.17, 15) is 4.39 Å². The van der Waals surface area contributed by atoms with Crippen molar-refractivity contribution >= 4 is 14.4 Å². The number of halogens is 1. The largest absolute Gasteiger partial charge is 0.413 e. The molecule has 2 aliphatic rings. The van der Waals surface area contributed by atoms with Gasteiger partial charge >= 0.3 is 0 Å². The molecule has 2 fully saturated rings. The van der Waals surface area contributed by atoms with Gasteiger partial charge in [0, 0.05) is 24.8 Å². The second-order valence-corrected chi connectivity index (χ2v) is 16.8. The van der Waals surface area contributed by atoms with Crippen molar-refractivity contribution in [2.45, 2.75) is 76.8 Å². The molecule has 36 heavy (non-hydrogen) atoms. The molecule has 2 saturated carbocycles. The molecule has 1 aromatic carbocycles. The Morgan fingerprint density at radius 1 is 1.08 bits per heavy atom. The second-order valence-electron chi connectivity index (χ2n) is 12.0. The van der Waals surface area contributed by atoms with Crippen molar-refractivity contribution in [3.8, 4) is 11.1 Å². The van der Waals surface area contributed by atoms with Crippen LogP contribution in [0.1, 0.15) is 52.1 Å². The molecule has 0 spiro atoms. The van der Waals surface area contributed by atoms with Crippen LogP contribution >= 0.6 is 0 Å². The Morgan fingerprint density at radius 3 is 2.56 bits per heavy atom. The number of nitrogens with zero attached hydrogens (tertiary/aromatic N) is 1. The lowest BCUT2D eigenvalue weighted by Crippen LogP contribution is -2.45. The molecule has 6 heteroatoms. The van der Waals surface area contributed by atoms with Crippen LogP contribution in [0.25, 0.3) is 17.2 Å². The second kappa shape index (κ2) is 11.3. The Hall–Kier alpha value is -1.86. The number of benzene rings is 1. The minimum absolute atomic E-state index is 0.174. The Morgan fingerprint density at radius 2 is 1.89 bits per heavy atom. The highest BCUT2D eigenvalue weighted by Crippen LogP contribution is 2.50. The molecule has 0 unspecified atom stereocenters. The monoisotopic (exact) mass is 511 g/mol. The fourth-order valence-electron chi connectivity index (χ4n) is 5.57. The first-order valence-corrected chi connectivity index (χ1v) is 16.2. The van der Waals surface area contributed by atoms with Crippen LogP contribution < -0.4 is 0 Å². The number of methoxy groups -OCH3 is 1. The van der Waals surface area contributed by atoms with Crippen LogP contribution in [0.4, 0.5) is 4.39 Å². The van der Waals surface area contributed by atoms with Gasteiger partial charge in [-0.25, -0.2) is 4.39 Å². The van der Waals surface area contributed by atoms with Gasteiger partial charge in [-0.05, 0) is 85.5 Å². The van der Waals surface area contributed by atoms with Gasteiger partial charge in [0.1, 0.15) is 12.6 Å². The average Bonchev–Trinajstić information content (AvgIpc) is 3.16. The van der Waals surface area contributed by atoms with Crippen LogP contribution in [0.3, 0.4) is 0 Å². The summed E-state index contributed by atoms with van der Waals surface area (Å²) in [6, 6.07) is 10.7. The maximum absolute atomic E-state index is 13.6. The summed E-state index contributed by atoms with van der Waals surface area (Å²) in [4.78, 5) is 4.66. The van der Waals surface area contributed by atoms with Crippen molar-refractivity contribution < 1.29 is 18.3 Å². The number of pyridine rings is 1. The molecule has 0 N–H and O–H groups in total. The summed E-state index contributed by atoms with van der Waals surface area (Å²) in [5.74, 6) is 1.35. The van der Waals surface area contributed by atoms with E-state index < -0.39 is 8.32 Å². The zero-order valence-corrected chi connectivity index (χ0v) is 23.7. The highest BCUT2D eigenvalue weighted by atomic mass is 28.4. The van der Waals surface area contributed by atoms with Crippen LogP contribution in [0, 0.1) is 23.6 Å². The van der Waals surface area contributed by atoms with Crippen LogP contribution in [0.5, 0.6) is 0 Å². The molecular formula is C30H42FNO3Si. The minimum atomic E-state index is -1.90. The van der Waals surface area contributed by atoms with Crippen LogP contribution in [-0.4, -0.2) is 39.4 Å². The fourth-order valence-corrected chi connectivity index (χ4v) is 6.93. The number of rotatable bonds is 8. The molecule has 2 aromatic rings. The van der Waals surface area contributed by atoms with Gasteiger partial charge in [-0.2, -0.15) is 0 Å². The summed E-state index contributed by atoms with van der Waals surface area (Å²) in [6.45, 7) is 12.0. The molecule has 0 saturated heterocycles. The number of fused-ring (bicyclic) bond motifs is 1. The molecule has 0 aliphatic heterocycles. The molecule has 4 rings (SSSR count). The average molecular weight is 512 g/mol. The Balaban J connectivity index is 1.52. The van der Waals surface area contributed by atoms with Crippen LogP contribution in [-0.2, 0) is 13.9 Å². The Bertz CT molecular complexity index is 1030. The molecule has 0 radical (unpaired) electrons. The zero-order valence-electron chi connectivity index (χ0n) is 22.7. The van der Waals surface area contributed by atoms with Gasteiger partial charge in [0.15, 0.2) is 8.32 Å². The Labute approximate surface area is 217 Å². The first kappa shape index (κ1) is 27.2. The molecule has 0 amide bonds. The van der Waals surface area contributed by atoms with E-state index in [1.54, 1.807) is 19.2 Å². The topological polar surface area (TPSA) is 40.6 Å². The van der Waals surface area contributed by atoms with E-state index in [-0.39, 0.29) is 23.1 Å². The summed E-state index contributed by atoms with van der Waals surface area (Å²) in [6.07, 6.45) is 11.2. The lowest BCUT2D eigenvalue weighted by atomic mass is 9.76. The number of ether oxygens (including phenoxy) is 2. The Kier molecular flexibility index (Phi) is 8.50. The first-order chi connectivity index (χ1) is 17.1. The lowest BCUT2D eigenvalue weighted by Gasteiger charge is -2.40. The number of aromatic nitrogens is 1. The van der Waals surface area contributed by atoms with Crippen molar-refractivity contribution in [2.24, 2.45) is 17.8 Å². The van der Waals surface area contributed by atoms with Gasteiger partial charge in [-0.1, -0.05) is 45.0 Å². The van der Waals surface area contributed by atoms with Crippen molar-refractivity contribution in [1.82, 2.24) is 4.98 Å². The van der Waals surface area contributed by atoms with Gasteiger partial charge in [0.05, 0.1) is 17.9 Å². The van der Waals surface area contributed by atoms with Crippen molar-refractivity contribution in [1.29, 1.82) is 0 Å². The van der Waals surface area contributed by atoms with Gasteiger partial charge in [0.25, 0.3) is 0 Å². The van der Waals surface area contributed by atoms with Crippen molar-refractivity contribution in [3.05, 3.63) is 60.2 Å². The standard InChI is InChI=1S/C30H42FNO3Si/c1-30(2,3)36(5,6)35-29-18-23-17-26(34-20-33-4)13-15-27(23)28(29)14-12-25-11-10-22(19-32-25)21-8-7-9-24(31)16-21/h7-12,14,16,19,23,26-29H,13,15,17-18,20H2,1-6H3/b14-12+/t23-,26-,27-,28+,29-/m1/s1. The molecule has 1 aromatic heterocycles. The summed E-state index contributed by atoms with van der Waals surface area (Å²) in [5, 5.41) is 0.174. The molecular weight excluding hydrogens is 469 g/mol. The highest BCUT2D eigenvalue weighted by molar-refractivity contribution is 6.74. The summed E-state index contributed by atoms with van der Waals surface area (Å²) >= 11 is 0. The van der Waals surface area contributed by atoms with E-state index >= 15 is 0 Å². The predicted octanol–water partition coefficient (Wildman–Crippen LogP) is 7.72. The maximum atomic E-state index is 13.6. The third-order valence-corrected chi connectivity index (χ3v) is 13.1. The smallest absolute Gasteiger partial charge is 0.192 e. The quantitative estimate of drug-likeness (QED) is 0.269. The van der Waals surface area contributed by atoms with E-state index in [2.05, 4.69) is 51.0 Å². The molecule has 1 heterocycles. The lowest BCUT2D eigenvalue weighted by molar-refractivity contribution is -0.0930. The predicted molar refractivity (Wildman–Crippen MR) is 146 cm³/mol. The highest BCUT2D eigenvalue weighted by Gasteiger charge is 2.49. The SMILES string of the molecule is COCO[C@@H]1CC[C@@H]2[C@H](C1)C[C@@H](O[Si](C)(C)C(C)(C)C)[C@H]2/C=C/c1ccc(-c2cccc(F)c2)cn1. The third kappa shape index (κ3) is 6.33. The van der Waals surface area contributed by atoms with Gasteiger partial charge < -0.3 is 13.9 Å². The molecule has 5 atom stereocenters. The molecule has 0 bridgehead atoms. The third-order valence-electron chi connectivity index (χ3n) is 8.56. The van der Waals surface area contributed by atoms with Crippen molar-refractivity contribution in [2.75, 3.05) is 13.9 Å². The minimum Gasteiger partial charge on any atom is -0.413 e. The van der Waals surface area contributed by atoms with E-state index in [1.165, 1.54) is 6.07 Å². The van der Waals surface area contributed by atoms with Gasteiger partial charge in [0.2, 0.25) is 0 Å². The molecule has 196 valence electrons. The van der Waals surface area contributed by atoms with Crippen LogP contribution in [0.15, 0.2) is 48.7 Å². The molecule has 2 aliphatic carbocycles. The normalized spacial score (nSPS) is 26.9. The maximum Gasteiger partial charge on any atom is 0.192 e. The number of hydrogen-bond acceptors (Lipinski definition) is 4. The first-order valence-electron chi connectivity index (χ1n) is 13.3. The summed E-state index contributed by atoms with van der Waals surface area (Å²) < 4.78 is 31.7. The van der Waals surface area contributed by atoms with E-state index in [0.717, 1.165) is 42.5 Å². The van der Waals surface area contributed by atoms with Gasteiger partial charge in [-0.3, -0.25) is 4.98 Å². The van der Waals surface area contributed by atoms with Crippen LogP contribution in [0.2, 0.25) is 18.1 Å². The summed E-state index contributed by atoms with van der Waals surface area (Å²) in [7, 11) is -0.219. The molecule has 4 nitrogen and oxygen atoms in total. The van der Waals surface area contributed by atoms with Gasteiger partial charge in [-0.15, -0.1) is 0 Å². The van der Waals surface area contributed by atoms with E-state index in [0.29, 0.717) is 24.5 Å². The fraction of sp³-hybridized carbons (Fsp3) is 0.567. The summed E-state index contributed by atoms with van der Waals surface area (Å²) in [5.41, 5.74) is 2.68. The van der Waals surface area contributed by atoms with Crippen molar-refractivity contribution in [3.63, 3.8) is 0 Å². The zero-order chi connectivity index (χ0) is 25.9.